The molecule has 0 amide bonds. The maximum atomic E-state index is 6.43. The molecule has 2 nitrogen and oxygen atoms in total. The molecule has 4 rings (SSSR count). The van der Waals surface area contributed by atoms with E-state index in [4.69, 9.17) is 4.74 Å². The minimum Gasteiger partial charge on any atom is -0.344 e. The summed E-state index contributed by atoms with van der Waals surface area (Å²) in [5.41, 5.74) is 3.61. The van der Waals surface area contributed by atoms with E-state index in [9.17, 15) is 0 Å². The summed E-state index contributed by atoms with van der Waals surface area (Å²) in [4.78, 5) is 2.34. The van der Waals surface area contributed by atoms with Crippen molar-refractivity contribution in [3.05, 3.63) is 102 Å². The highest BCUT2D eigenvalue weighted by Gasteiger charge is 2.34. The maximum absolute atomic E-state index is 6.43. The fraction of sp³-hybridized carbons (Fsp3) is 0.143. The second-order valence-electron chi connectivity index (χ2n) is 5.79. The van der Waals surface area contributed by atoms with Crippen LogP contribution in [0.1, 0.15) is 23.5 Å². The van der Waals surface area contributed by atoms with Gasteiger partial charge in [0, 0.05) is 11.3 Å². The van der Waals surface area contributed by atoms with Gasteiger partial charge in [0.25, 0.3) is 0 Å². The third-order valence-corrected chi connectivity index (χ3v) is 4.28. The van der Waals surface area contributed by atoms with Gasteiger partial charge in [-0.3, -0.25) is 0 Å². The lowest BCUT2D eigenvalue weighted by Gasteiger charge is -2.25. The number of para-hydroxylation sites is 1. The van der Waals surface area contributed by atoms with Gasteiger partial charge in [-0.15, -0.1) is 0 Å². The summed E-state index contributed by atoms with van der Waals surface area (Å²) >= 11 is 0. The number of benzene rings is 3. The summed E-state index contributed by atoms with van der Waals surface area (Å²) in [6, 6.07) is 31.4. The van der Waals surface area contributed by atoms with Gasteiger partial charge in [0.2, 0.25) is 0 Å². The van der Waals surface area contributed by atoms with Crippen molar-refractivity contribution in [3.63, 3.8) is 0 Å². The van der Waals surface area contributed by atoms with Gasteiger partial charge in [-0.2, -0.15) is 0 Å². The maximum Gasteiger partial charge on any atom is 0.157 e. The van der Waals surface area contributed by atoms with Gasteiger partial charge < -0.3 is 9.64 Å². The molecule has 3 aromatic carbocycles. The highest BCUT2D eigenvalue weighted by molar-refractivity contribution is 5.49. The molecule has 1 aliphatic rings. The Morgan fingerprint density at radius 2 is 1.17 bits per heavy atom. The fourth-order valence-electron chi connectivity index (χ4n) is 3.13. The van der Waals surface area contributed by atoms with Crippen LogP contribution < -0.4 is 4.90 Å². The van der Waals surface area contributed by atoms with E-state index < -0.39 is 0 Å². The molecule has 0 aromatic heterocycles. The summed E-state index contributed by atoms with van der Waals surface area (Å²) in [6.07, 6.45) is 0.0328. The number of rotatable bonds is 3. The Hall–Kier alpha value is -2.58. The zero-order chi connectivity index (χ0) is 15.5. The smallest absolute Gasteiger partial charge is 0.157 e. The zero-order valence-electron chi connectivity index (χ0n) is 12.9. The van der Waals surface area contributed by atoms with E-state index in [0.717, 1.165) is 6.54 Å². The van der Waals surface area contributed by atoms with E-state index in [-0.39, 0.29) is 12.3 Å². The van der Waals surface area contributed by atoms with E-state index in [1.165, 1.54) is 16.8 Å². The Morgan fingerprint density at radius 3 is 1.78 bits per heavy atom. The SMILES string of the molecule is c1ccc(C2CN(c3ccccc3)C(c3ccccc3)O2)cc1. The van der Waals surface area contributed by atoms with Crippen LogP contribution in [0.2, 0.25) is 0 Å². The van der Waals surface area contributed by atoms with Crippen molar-refractivity contribution in [2.75, 3.05) is 11.4 Å². The topological polar surface area (TPSA) is 12.5 Å². The number of nitrogens with zero attached hydrogens (tertiary/aromatic N) is 1. The lowest BCUT2D eigenvalue weighted by atomic mass is 10.1. The van der Waals surface area contributed by atoms with Gasteiger partial charge >= 0.3 is 0 Å². The second kappa shape index (κ2) is 6.27. The van der Waals surface area contributed by atoms with Crippen LogP contribution >= 0.6 is 0 Å². The molecule has 0 radical (unpaired) electrons. The molecular formula is C21H19NO. The van der Waals surface area contributed by atoms with Gasteiger partial charge in [-0.25, -0.2) is 0 Å². The molecule has 2 atom stereocenters. The third kappa shape index (κ3) is 2.86. The minimum absolute atomic E-state index is 0.0520. The first kappa shape index (κ1) is 14.0. The highest BCUT2D eigenvalue weighted by atomic mass is 16.5. The van der Waals surface area contributed by atoms with Crippen LogP contribution in [0, 0.1) is 0 Å². The van der Waals surface area contributed by atoms with Gasteiger partial charge in [0.15, 0.2) is 6.23 Å². The molecule has 1 saturated heterocycles. The van der Waals surface area contributed by atoms with Crippen molar-refractivity contribution in [2.24, 2.45) is 0 Å². The van der Waals surface area contributed by atoms with E-state index in [2.05, 4.69) is 77.7 Å². The van der Waals surface area contributed by atoms with Crippen molar-refractivity contribution < 1.29 is 4.74 Å². The summed E-state index contributed by atoms with van der Waals surface area (Å²) < 4.78 is 6.43. The molecule has 0 bridgehead atoms. The first-order valence-corrected chi connectivity index (χ1v) is 7.99. The second-order valence-corrected chi connectivity index (χ2v) is 5.79. The van der Waals surface area contributed by atoms with Gasteiger partial charge in [0.1, 0.15) is 6.10 Å². The van der Waals surface area contributed by atoms with E-state index in [1.54, 1.807) is 0 Å². The molecule has 2 unspecified atom stereocenters. The van der Waals surface area contributed by atoms with Crippen LogP contribution in [-0.4, -0.2) is 6.54 Å². The predicted octanol–water partition coefficient (Wildman–Crippen LogP) is 4.96. The first-order chi connectivity index (χ1) is 11.4. The summed E-state index contributed by atoms with van der Waals surface area (Å²) in [7, 11) is 0. The summed E-state index contributed by atoms with van der Waals surface area (Å²) in [5, 5.41) is 0. The van der Waals surface area contributed by atoms with Crippen LogP contribution in [0.5, 0.6) is 0 Å². The average Bonchev–Trinajstić information content (AvgIpc) is 3.09. The van der Waals surface area contributed by atoms with Gasteiger partial charge in [-0.05, 0) is 17.7 Å². The van der Waals surface area contributed by atoms with E-state index in [0.29, 0.717) is 0 Å². The number of anilines is 1. The fourth-order valence-corrected chi connectivity index (χ4v) is 3.13. The molecule has 2 heteroatoms. The Bertz CT molecular complexity index is 695. The van der Waals surface area contributed by atoms with Crippen LogP contribution in [0.15, 0.2) is 91.0 Å². The van der Waals surface area contributed by atoms with Crippen LogP contribution in [0.3, 0.4) is 0 Å². The van der Waals surface area contributed by atoms with Crippen molar-refractivity contribution in [2.45, 2.75) is 12.3 Å². The van der Waals surface area contributed by atoms with Gasteiger partial charge in [0.05, 0.1) is 6.54 Å². The highest BCUT2D eigenvalue weighted by Crippen LogP contribution is 2.40. The molecule has 114 valence electrons. The normalized spacial score (nSPS) is 20.6. The monoisotopic (exact) mass is 301 g/mol. The van der Waals surface area contributed by atoms with E-state index in [1.807, 2.05) is 18.2 Å². The largest absolute Gasteiger partial charge is 0.344 e. The Morgan fingerprint density at radius 1 is 0.652 bits per heavy atom. The lowest BCUT2D eigenvalue weighted by Crippen LogP contribution is -2.23. The molecule has 1 aliphatic heterocycles. The molecule has 0 spiro atoms. The number of hydrogen-bond donors (Lipinski definition) is 0. The number of hydrogen-bond acceptors (Lipinski definition) is 2. The van der Waals surface area contributed by atoms with Crippen LogP contribution in [0.4, 0.5) is 5.69 Å². The Balaban J connectivity index is 1.70. The van der Waals surface area contributed by atoms with Crippen molar-refractivity contribution in [3.8, 4) is 0 Å². The Kier molecular flexibility index (Phi) is 3.83. The molecular weight excluding hydrogens is 282 g/mol. The molecule has 3 aromatic rings. The minimum atomic E-state index is -0.0520. The first-order valence-electron chi connectivity index (χ1n) is 7.99. The van der Waals surface area contributed by atoms with Crippen LogP contribution in [0.25, 0.3) is 0 Å². The Labute approximate surface area is 137 Å². The molecule has 0 aliphatic carbocycles. The number of ether oxygens (including phenoxy) is 1. The van der Waals surface area contributed by atoms with Gasteiger partial charge in [-0.1, -0.05) is 78.9 Å². The van der Waals surface area contributed by atoms with Crippen LogP contribution in [-0.2, 0) is 4.74 Å². The molecule has 1 heterocycles. The third-order valence-electron chi connectivity index (χ3n) is 4.28. The molecule has 23 heavy (non-hydrogen) atoms. The molecule has 0 N–H and O–H groups in total. The van der Waals surface area contributed by atoms with Crippen molar-refractivity contribution in [1.29, 1.82) is 0 Å². The predicted molar refractivity (Wildman–Crippen MR) is 93.2 cm³/mol. The summed E-state index contributed by atoms with van der Waals surface area (Å²) in [6.45, 7) is 0.855. The zero-order valence-corrected chi connectivity index (χ0v) is 12.9. The lowest BCUT2D eigenvalue weighted by molar-refractivity contribution is 0.0476. The van der Waals surface area contributed by atoms with Crippen molar-refractivity contribution in [1.82, 2.24) is 0 Å². The average molecular weight is 301 g/mol. The van der Waals surface area contributed by atoms with E-state index >= 15 is 0 Å². The van der Waals surface area contributed by atoms with Crippen molar-refractivity contribution >= 4 is 5.69 Å². The molecule has 0 saturated carbocycles. The molecule has 1 fully saturated rings. The quantitative estimate of drug-likeness (QED) is 0.677. The summed E-state index contributed by atoms with van der Waals surface area (Å²) in [5.74, 6) is 0. The standard InChI is InChI=1S/C21H19NO/c1-4-10-17(11-5-1)20-16-22(19-14-8-3-9-15-19)21(23-20)18-12-6-2-7-13-18/h1-15,20-21H,16H2.